The summed E-state index contributed by atoms with van der Waals surface area (Å²) < 4.78 is 51.1. The van der Waals surface area contributed by atoms with Crippen molar-refractivity contribution in [3.8, 4) is 6.07 Å². The topological polar surface area (TPSA) is 161 Å². The minimum atomic E-state index is -1.34. The van der Waals surface area contributed by atoms with Gasteiger partial charge in [0.1, 0.15) is 42.0 Å². The number of hydrogen-bond acceptors (Lipinski definition) is 11. The van der Waals surface area contributed by atoms with Crippen LogP contribution in [0.2, 0.25) is 0 Å². The fourth-order valence-corrected chi connectivity index (χ4v) is 8.54. The van der Waals surface area contributed by atoms with Crippen molar-refractivity contribution in [2.45, 2.75) is 104 Å². The number of nitrogens with zero attached hydrogens (tertiary/aromatic N) is 11. The second-order valence-electron chi connectivity index (χ2n) is 20.4. The van der Waals surface area contributed by atoms with Gasteiger partial charge >= 0.3 is 0 Å². The molecule has 0 unspecified atom stereocenters. The summed E-state index contributed by atoms with van der Waals surface area (Å²) in [6, 6.07) is 22.7. The number of nitriles is 1. The predicted molar refractivity (Wildman–Crippen MR) is 268 cm³/mol. The Kier molecular flexibility index (Phi) is 12.8. The van der Waals surface area contributed by atoms with Gasteiger partial charge in [0, 0.05) is 55.3 Å². The Bertz CT molecular complexity index is 3250. The van der Waals surface area contributed by atoms with Crippen LogP contribution in [0.25, 0.3) is 21.8 Å². The Balaban J connectivity index is 0.000000176. The molecule has 13 nitrogen and oxygen atoms in total. The molecule has 0 radical (unpaired) electrons. The summed E-state index contributed by atoms with van der Waals surface area (Å²) in [5, 5.41) is 35.6. The highest BCUT2D eigenvalue weighted by Gasteiger charge is 2.29. The average molecular weight is 995 g/mol. The van der Waals surface area contributed by atoms with Gasteiger partial charge in [-0.25, -0.2) is 38.1 Å². The zero-order valence-corrected chi connectivity index (χ0v) is 41.2. The van der Waals surface area contributed by atoms with Crippen molar-refractivity contribution in [1.82, 2.24) is 49.9 Å². The molecular formula is C53H56BrF2N13. The molecule has 8 aromatic rings. The van der Waals surface area contributed by atoms with Gasteiger partial charge in [-0.1, -0.05) is 76.2 Å². The van der Waals surface area contributed by atoms with E-state index in [0.717, 1.165) is 69.9 Å². The molecule has 2 aliphatic carbocycles. The summed E-state index contributed by atoms with van der Waals surface area (Å²) in [4.78, 5) is 17.7. The molecule has 2 fully saturated rings. The second kappa shape index (κ2) is 19.7. The number of halogens is 3. The molecule has 10 rings (SSSR count). The van der Waals surface area contributed by atoms with Crippen molar-refractivity contribution < 1.29 is 11.5 Å². The van der Waals surface area contributed by atoms with Crippen LogP contribution in [0.1, 0.15) is 133 Å². The Morgan fingerprint density at radius 3 is 1.54 bits per heavy atom. The third kappa shape index (κ3) is 11.8. The fourth-order valence-electron chi connectivity index (χ4n) is 7.93. The lowest BCUT2D eigenvalue weighted by Gasteiger charge is -2.20. The van der Waals surface area contributed by atoms with Gasteiger partial charge in [0.15, 0.2) is 0 Å². The molecule has 4 heterocycles. The second-order valence-corrected chi connectivity index (χ2v) is 21.2. The average Bonchev–Trinajstić information content (AvgIpc) is 4.26. The van der Waals surface area contributed by atoms with Crippen molar-refractivity contribution >= 4 is 49.4 Å². The molecule has 4 aromatic carbocycles. The Morgan fingerprint density at radius 2 is 1.10 bits per heavy atom. The van der Waals surface area contributed by atoms with Crippen LogP contribution in [-0.2, 0) is 12.8 Å². The Hall–Kier alpha value is -6.73. The summed E-state index contributed by atoms with van der Waals surface area (Å²) in [6.07, 6.45) is 11.5. The minimum Gasteiger partial charge on any atom is -0.369 e. The third-order valence-corrected chi connectivity index (χ3v) is 12.5. The molecule has 2 atom stereocenters. The van der Waals surface area contributed by atoms with Gasteiger partial charge in [0.25, 0.3) is 0 Å². The Labute approximate surface area is 412 Å². The van der Waals surface area contributed by atoms with Crippen LogP contribution in [0, 0.1) is 33.8 Å². The summed E-state index contributed by atoms with van der Waals surface area (Å²) >= 11 is 3.67. The molecule has 0 aliphatic heterocycles. The highest BCUT2D eigenvalue weighted by atomic mass is 79.9. The zero-order valence-electron chi connectivity index (χ0n) is 41.6. The van der Waals surface area contributed by atoms with E-state index < -0.39 is 11.8 Å². The molecule has 2 N–H and O–H groups in total. The van der Waals surface area contributed by atoms with E-state index in [4.69, 9.17) is 0 Å². The molecule has 0 amide bonds. The van der Waals surface area contributed by atoms with Crippen molar-refractivity contribution in [2.75, 3.05) is 23.7 Å². The molecule has 354 valence electrons. The SMILES string of the molecule is [2H][C@@](Cc1cc(Br)c2ncnc(NCC(C)(C)C)c2c1)(c1ccc(F)cc1)c1cn(C2CC2)nn1.[2H][C@@](Cc1cc(C#N)c2ncnc(NCC(C)(C)C)c2c1)(c1ccc(F)cc1)c1cn(C2CC2)nn1. The van der Waals surface area contributed by atoms with Crippen LogP contribution in [0.15, 0.2) is 102 Å². The van der Waals surface area contributed by atoms with Gasteiger partial charge < -0.3 is 10.6 Å². The first-order chi connectivity index (χ1) is 33.8. The van der Waals surface area contributed by atoms with E-state index in [-0.39, 0.29) is 28.9 Å². The lowest BCUT2D eigenvalue weighted by molar-refractivity contribution is 0.442. The van der Waals surface area contributed by atoms with Gasteiger partial charge in [0.2, 0.25) is 0 Å². The number of rotatable bonds is 14. The van der Waals surface area contributed by atoms with Crippen LogP contribution in [0.4, 0.5) is 20.4 Å². The fraction of sp³-hybridized carbons (Fsp3) is 0.377. The molecule has 0 saturated heterocycles. The molecule has 2 aliphatic rings. The van der Waals surface area contributed by atoms with Gasteiger partial charge in [-0.3, -0.25) is 0 Å². The molecule has 69 heavy (non-hydrogen) atoms. The highest BCUT2D eigenvalue weighted by Crippen LogP contribution is 2.38. The summed E-state index contributed by atoms with van der Waals surface area (Å²) in [6.45, 7) is 14.3. The summed E-state index contributed by atoms with van der Waals surface area (Å²) in [5.74, 6) is -1.89. The summed E-state index contributed by atoms with van der Waals surface area (Å²) in [5.41, 5.74) is 5.84. The maximum atomic E-state index is 13.7. The van der Waals surface area contributed by atoms with Gasteiger partial charge in [0.05, 0.1) is 40.1 Å². The van der Waals surface area contributed by atoms with Gasteiger partial charge in [-0.15, -0.1) is 10.2 Å². The van der Waals surface area contributed by atoms with Crippen molar-refractivity contribution in [3.63, 3.8) is 0 Å². The van der Waals surface area contributed by atoms with E-state index in [9.17, 15) is 16.8 Å². The lowest BCUT2D eigenvalue weighted by atomic mass is 9.88. The van der Waals surface area contributed by atoms with Crippen molar-refractivity contribution in [1.29, 1.82) is 5.26 Å². The summed E-state index contributed by atoms with van der Waals surface area (Å²) in [7, 11) is 0. The predicted octanol–water partition coefficient (Wildman–Crippen LogP) is 11.7. The van der Waals surface area contributed by atoms with Crippen LogP contribution < -0.4 is 10.6 Å². The molecule has 0 bridgehead atoms. The van der Waals surface area contributed by atoms with Crippen LogP contribution in [0.5, 0.6) is 0 Å². The number of benzene rings is 4. The maximum absolute atomic E-state index is 13.7. The smallest absolute Gasteiger partial charge is 0.137 e. The highest BCUT2D eigenvalue weighted by molar-refractivity contribution is 9.10. The van der Waals surface area contributed by atoms with Gasteiger partial charge in [-0.2, -0.15) is 5.26 Å². The molecule has 2 saturated carbocycles. The lowest BCUT2D eigenvalue weighted by Crippen LogP contribution is -2.19. The van der Waals surface area contributed by atoms with Crippen LogP contribution in [-0.4, -0.2) is 63.0 Å². The van der Waals surface area contributed by atoms with Crippen LogP contribution >= 0.6 is 15.9 Å². The standard InChI is InChI=1S/C27H28FN7.C26H28BrFN6/c1-27(2,3)15-30-26-23-12-17(10-19(13-29)25(23)31-16-32-26)11-22(18-4-6-20(28)7-5-18)24-14-35(34-33-24)21-8-9-21;1-26(2,3)14-29-25-21-11-16(12-22(27)24(21)30-15-31-25)10-20(17-4-6-18(28)7-5-17)23-13-34(33-32-23)19-8-9-19/h4-7,10,12,14,16,21-22H,8-9,11,15H2,1-3H3,(H,30,31,32);4-7,11-13,15,19-20H,8-10,14H2,1-3H3,(H,29,30,31)/t22-;20-/m11/s1/i22D;20D. The monoisotopic (exact) mass is 993 g/mol. The maximum Gasteiger partial charge on any atom is 0.137 e. The van der Waals surface area contributed by atoms with E-state index in [2.05, 4.69) is 115 Å². The number of fused-ring (bicyclic) bond motifs is 2. The van der Waals surface area contributed by atoms with E-state index in [1.165, 1.54) is 30.6 Å². The number of hydrogen-bond donors (Lipinski definition) is 2. The molecule has 16 heteroatoms. The first-order valence-electron chi connectivity index (χ1n) is 24.2. The first-order valence-corrected chi connectivity index (χ1v) is 24.0. The number of anilines is 2. The zero-order chi connectivity index (χ0) is 50.3. The van der Waals surface area contributed by atoms with Gasteiger partial charge in [-0.05, 0) is 136 Å². The number of aromatic nitrogens is 10. The number of nitrogens with one attached hydrogen (secondary N) is 2. The van der Waals surface area contributed by atoms with E-state index in [1.54, 1.807) is 36.7 Å². The molecule has 4 aromatic heterocycles. The minimum absolute atomic E-state index is 0.0270. The molecular weight excluding hydrogens is 937 g/mol. The van der Waals surface area contributed by atoms with Crippen molar-refractivity contribution in [3.05, 3.63) is 153 Å². The largest absolute Gasteiger partial charge is 0.369 e. The normalized spacial score (nSPS) is 16.1. The first kappa shape index (κ1) is 44.8. The van der Waals surface area contributed by atoms with E-state index in [0.29, 0.717) is 64.5 Å². The van der Waals surface area contributed by atoms with E-state index >= 15 is 0 Å². The third-order valence-electron chi connectivity index (χ3n) is 11.9. The Morgan fingerprint density at radius 1 is 0.667 bits per heavy atom. The van der Waals surface area contributed by atoms with E-state index in [1.807, 2.05) is 40.0 Å². The van der Waals surface area contributed by atoms with Crippen LogP contribution in [0.3, 0.4) is 0 Å². The quantitative estimate of drug-likeness (QED) is 0.107. The van der Waals surface area contributed by atoms with Crippen molar-refractivity contribution in [2.24, 2.45) is 10.8 Å². The molecule has 0 spiro atoms.